The molecule has 2 amide bonds. The Morgan fingerprint density at radius 1 is 1.03 bits per heavy atom. The Kier molecular flexibility index (Phi) is 7.94. The largest absolute Gasteiger partial charge is 0.508 e. The molecule has 4 aromatic rings. The van der Waals surface area contributed by atoms with Gasteiger partial charge >= 0.3 is 0 Å². The lowest BCUT2D eigenvalue weighted by molar-refractivity contribution is -0.128. The first-order chi connectivity index (χ1) is 18.6. The minimum absolute atomic E-state index is 0.0411. The summed E-state index contributed by atoms with van der Waals surface area (Å²) in [5, 5.41) is 25.5. The zero-order valence-electron chi connectivity index (χ0n) is 22.6. The number of aryl methyl sites for hydroxylation is 1. The quantitative estimate of drug-likeness (QED) is 0.354. The van der Waals surface area contributed by atoms with Crippen LogP contribution in [0.5, 0.6) is 11.5 Å². The highest BCUT2D eigenvalue weighted by Crippen LogP contribution is 2.36. The molecule has 0 aliphatic rings. The first kappa shape index (κ1) is 27.3. The summed E-state index contributed by atoms with van der Waals surface area (Å²) in [6.45, 7) is 7.29. The number of carbonyl (C=O) groups excluding carboxylic acids is 2. The number of phenols is 1. The fraction of sp³-hybridized carbons (Fsp3) is 0.276. The molecule has 4 rings (SSSR count). The van der Waals surface area contributed by atoms with E-state index in [1.807, 2.05) is 52.0 Å². The molecule has 0 saturated carbocycles. The van der Waals surface area contributed by atoms with Crippen molar-refractivity contribution in [3.63, 3.8) is 0 Å². The lowest BCUT2D eigenvalue weighted by atomic mass is 10.0. The number of carbonyl (C=O) groups is 2. The summed E-state index contributed by atoms with van der Waals surface area (Å²) in [6, 6.07) is 19.7. The summed E-state index contributed by atoms with van der Waals surface area (Å²) >= 11 is 0. The number of para-hydroxylation sites is 2. The SMILES string of the molecule is COc1ccccc1N(C(=O)Cn1nnc(-c2ccc(C)cc2)n1)[C@H](C(=O)NC(C)(C)C)c1ccc(O)cc1. The molecule has 202 valence electrons. The van der Waals surface area contributed by atoms with Crippen LogP contribution in [-0.2, 0) is 16.1 Å². The van der Waals surface area contributed by atoms with Crippen LogP contribution in [0, 0.1) is 6.92 Å². The molecule has 1 aromatic heterocycles. The number of phenolic OH excluding ortho intramolecular Hbond substituents is 1. The van der Waals surface area contributed by atoms with Gasteiger partial charge < -0.3 is 15.2 Å². The van der Waals surface area contributed by atoms with E-state index in [1.54, 1.807) is 36.4 Å². The van der Waals surface area contributed by atoms with Gasteiger partial charge in [0.1, 0.15) is 24.1 Å². The van der Waals surface area contributed by atoms with E-state index in [4.69, 9.17) is 4.74 Å². The summed E-state index contributed by atoms with van der Waals surface area (Å²) in [5.74, 6) is -0.0366. The summed E-state index contributed by atoms with van der Waals surface area (Å²) < 4.78 is 5.57. The Balaban J connectivity index is 1.77. The molecular formula is C29H32N6O4. The fourth-order valence-electron chi connectivity index (χ4n) is 4.08. The van der Waals surface area contributed by atoms with Gasteiger partial charge in [0.15, 0.2) is 0 Å². The van der Waals surface area contributed by atoms with E-state index in [0.717, 1.165) is 11.1 Å². The van der Waals surface area contributed by atoms with Crippen LogP contribution < -0.4 is 15.0 Å². The first-order valence-corrected chi connectivity index (χ1v) is 12.5. The average Bonchev–Trinajstić information content (AvgIpc) is 3.35. The molecule has 1 heterocycles. The molecule has 2 N–H and O–H groups in total. The summed E-state index contributed by atoms with van der Waals surface area (Å²) in [6.07, 6.45) is 0. The highest BCUT2D eigenvalue weighted by atomic mass is 16.5. The van der Waals surface area contributed by atoms with Gasteiger partial charge in [-0.15, -0.1) is 10.2 Å². The molecule has 0 bridgehead atoms. The zero-order chi connectivity index (χ0) is 28.2. The second kappa shape index (κ2) is 11.3. The molecule has 0 spiro atoms. The number of aromatic nitrogens is 4. The van der Waals surface area contributed by atoms with Crippen LogP contribution in [0.4, 0.5) is 5.69 Å². The summed E-state index contributed by atoms with van der Waals surface area (Å²) in [5.41, 5.74) is 2.19. The highest BCUT2D eigenvalue weighted by Gasteiger charge is 2.36. The van der Waals surface area contributed by atoms with Gasteiger partial charge in [-0.3, -0.25) is 14.5 Å². The van der Waals surface area contributed by atoms with Crippen LogP contribution in [-0.4, -0.2) is 49.8 Å². The maximum Gasteiger partial charge on any atom is 0.251 e. The molecule has 1 atom stereocenters. The van der Waals surface area contributed by atoms with E-state index in [1.165, 1.54) is 28.9 Å². The molecule has 0 fully saturated rings. The predicted molar refractivity (Wildman–Crippen MR) is 147 cm³/mol. The van der Waals surface area contributed by atoms with Gasteiger partial charge in [-0.05, 0) is 62.7 Å². The fourth-order valence-corrected chi connectivity index (χ4v) is 4.08. The van der Waals surface area contributed by atoms with Gasteiger partial charge in [0.2, 0.25) is 11.7 Å². The van der Waals surface area contributed by atoms with Gasteiger partial charge in [-0.1, -0.05) is 54.1 Å². The number of ether oxygens (including phenoxy) is 1. The number of tetrazole rings is 1. The Bertz CT molecular complexity index is 1440. The molecule has 0 radical (unpaired) electrons. The van der Waals surface area contributed by atoms with Gasteiger partial charge in [0.05, 0.1) is 12.8 Å². The third-order valence-corrected chi connectivity index (χ3v) is 5.87. The number of hydrogen-bond donors (Lipinski definition) is 2. The molecule has 0 saturated heterocycles. The molecule has 10 nitrogen and oxygen atoms in total. The van der Waals surface area contributed by atoms with E-state index >= 15 is 0 Å². The molecule has 0 unspecified atom stereocenters. The number of methoxy groups -OCH3 is 1. The predicted octanol–water partition coefficient (Wildman–Crippen LogP) is 4.05. The number of aromatic hydroxyl groups is 1. The minimum Gasteiger partial charge on any atom is -0.508 e. The molecule has 39 heavy (non-hydrogen) atoms. The van der Waals surface area contributed by atoms with E-state index in [2.05, 4.69) is 20.7 Å². The van der Waals surface area contributed by atoms with E-state index in [-0.39, 0.29) is 12.3 Å². The van der Waals surface area contributed by atoms with Crippen molar-refractivity contribution in [3.8, 4) is 22.9 Å². The number of hydrogen-bond acceptors (Lipinski definition) is 7. The van der Waals surface area contributed by atoms with Gasteiger partial charge in [-0.25, -0.2) is 0 Å². The monoisotopic (exact) mass is 528 g/mol. The Hall–Kier alpha value is -4.73. The summed E-state index contributed by atoms with van der Waals surface area (Å²) in [4.78, 5) is 30.4. The van der Waals surface area contributed by atoms with Gasteiger partial charge in [0, 0.05) is 11.1 Å². The van der Waals surface area contributed by atoms with Crippen molar-refractivity contribution in [1.82, 2.24) is 25.5 Å². The molecule has 0 aliphatic carbocycles. The van der Waals surface area contributed by atoms with Crippen LogP contribution in [0.1, 0.15) is 37.9 Å². The van der Waals surface area contributed by atoms with Crippen LogP contribution in [0.15, 0.2) is 72.8 Å². The smallest absolute Gasteiger partial charge is 0.251 e. The van der Waals surface area contributed by atoms with Crippen molar-refractivity contribution in [1.29, 1.82) is 0 Å². The normalized spacial score (nSPS) is 12.0. The first-order valence-electron chi connectivity index (χ1n) is 12.5. The Morgan fingerprint density at radius 2 is 1.69 bits per heavy atom. The van der Waals surface area contributed by atoms with Crippen molar-refractivity contribution in [2.75, 3.05) is 12.0 Å². The highest BCUT2D eigenvalue weighted by molar-refractivity contribution is 6.02. The molecule has 10 heteroatoms. The van der Waals surface area contributed by atoms with Crippen molar-refractivity contribution >= 4 is 17.5 Å². The van der Waals surface area contributed by atoms with Crippen molar-refractivity contribution < 1.29 is 19.4 Å². The Labute approximate surface area is 227 Å². The van der Waals surface area contributed by atoms with Gasteiger partial charge in [0.25, 0.3) is 5.91 Å². The standard InChI is InChI=1S/C29H32N6O4/c1-19-10-12-21(13-11-19)27-31-33-34(32-27)18-25(37)35(23-8-6-7-9-24(23)39-5)26(28(38)30-29(2,3)4)20-14-16-22(36)17-15-20/h6-17,26,36H,18H2,1-5H3,(H,30,38)/t26-/m0/s1. The van der Waals surface area contributed by atoms with Crippen LogP contribution in [0.25, 0.3) is 11.4 Å². The molecule has 0 aliphatic heterocycles. The van der Waals surface area contributed by atoms with E-state index in [0.29, 0.717) is 22.8 Å². The van der Waals surface area contributed by atoms with E-state index < -0.39 is 23.4 Å². The number of amides is 2. The second-order valence-corrected chi connectivity index (χ2v) is 10.2. The molecular weight excluding hydrogens is 496 g/mol. The molecule has 3 aromatic carbocycles. The van der Waals surface area contributed by atoms with Crippen LogP contribution in [0.2, 0.25) is 0 Å². The maximum atomic E-state index is 14.0. The number of anilines is 1. The van der Waals surface area contributed by atoms with Gasteiger partial charge in [-0.2, -0.15) is 4.80 Å². The third-order valence-electron chi connectivity index (χ3n) is 5.87. The summed E-state index contributed by atoms with van der Waals surface area (Å²) in [7, 11) is 1.50. The zero-order valence-corrected chi connectivity index (χ0v) is 22.6. The number of nitrogens with one attached hydrogen (secondary N) is 1. The van der Waals surface area contributed by atoms with Crippen molar-refractivity contribution in [2.45, 2.75) is 45.8 Å². The van der Waals surface area contributed by atoms with E-state index in [9.17, 15) is 14.7 Å². The Morgan fingerprint density at radius 3 is 2.33 bits per heavy atom. The number of nitrogens with zero attached hydrogens (tertiary/aromatic N) is 5. The third kappa shape index (κ3) is 6.59. The number of rotatable bonds is 8. The van der Waals surface area contributed by atoms with Crippen LogP contribution in [0.3, 0.4) is 0 Å². The lowest BCUT2D eigenvalue weighted by Gasteiger charge is -2.34. The van der Waals surface area contributed by atoms with Crippen molar-refractivity contribution in [2.24, 2.45) is 0 Å². The lowest BCUT2D eigenvalue weighted by Crippen LogP contribution is -2.50. The second-order valence-electron chi connectivity index (χ2n) is 10.2. The number of benzene rings is 3. The average molecular weight is 529 g/mol. The topological polar surface area (TPSA) is 122 Å². The maximum absolute atomic E-state index is 14.0. The van der Waals surface area contributed by atoms with Crippen LogP contribution >= 0.6 is 0 Å². The minimum atomic E-state index is -1.09. The van der Waals surface area contributed by atoms with Crippen molar-refractivity contribution in [3.05, 3.63) is 83.9 Å².